The zero-order valence-electron chi connectivity index (χ0n) is 9.85. The summed E-state index contributed by atoms with van der Waals surface area (Å²) in [5.41, 5.74) is 0.919. The molecule has 0 bridgehead atoms. The van der Waals surface area contributed by atoms with Crippen LogP contribution in [0.5, 0.6) is 0 Å². The van der Waals surface area contributed by atoms with Crippen LogP contribution in [0, 0.1) is 0 Å². The summed E-state index contributed by atoms with van der Waals surface area (Å²) in [5.74, 6) is 0. The quantitative estimate of drug-likeness (QED) is 0.726. The third-order valence-electron chi connectivity index (χ3n) is 2.48. The molecule has 0 amide bonds. The lowest BCUT2D eigenvalue weighted by Crippen LogP contribution is -2.25. The third kappa shape index (κ3) is 4.30. The fraction of sp³-hybridized carbons (Fsp3) is 0.250. The molecule has 1 aromatic heterocycles. The van der Waals surface area contributed by atoms with Gasteiger partial charge in [0.2, 0.25) is 0 Å². The highest BCUT2D eigenvalue weighted by molar-refractivity contribution is 9.11. The van der Waals surface area contributed by atoms with E-state index < -0.39 is 6.10 Å². The second-order valence-electron chi connectivity index (χ2n) is 4.01. The van der Waals surface area contributed by atoms with E-state index in [0.717, 1.165) is 19.1 Å². The molecule has 0 saturated carbocycles. The first-order chi connectivity index (χ1) is 9.06. The van der Waals surface area contributed by atoms with Gasteiger partial charge in [-0.2, -0.15) is 5.10 Å². The number of anilines is 1. The number of aliphatic hydroxyl groups is 1. The third-order valence-corrected chi connectivity index (χ3v) is 4.19. The molecule has 0 aliphatic rings. The standard InChI is InChI=1S/C12H12Br3N3O/c13-8-4-10(14)12(11(15)5-8)16-6-9(19)7-18-3-1-2-17-18/h1-5,9,16,19H,6-7H2. The average molecular weight is 454 g/mol. The van der Waals surface area contributed by atoms with Crippen LogP contribution in [0.25, 0.3) is 0 Å². The molecule has 2 aromatic rings. The highest BCUT2D eigenvalue weighted by Gasteiger charge is 2.10. The van der Waals surface area contributed by atoms with Gasteiger partial charge >= 0.3 is 0 Å². The molecule has 1 atom stereocenters. The van der Waals surface area contributed by atoms with Crippen molar-refractivity contribution in [1.29, 1.82) is 0 Å². The Balaban J connectivity index is 1.95. The summed E-state index contributed by atoms with van der Waals surface area (Å²) in [6.45, 7) is 0.907. The van der Waals surface area contributed by atoms with Crippen molar-refractivity contribution in [1.82, 2.24) is 9.78 Å². The molecule has 4 nitrogen and oxygen atoms in total. The average Bonchev–Trinajstić information content (AvgIpc) is 2.80. The molecular weight excluding hydrogens is 442 g/mol. The Morgan fingerprint density at radius 1 is 1.26 bits per heavy atom. The van der Waals surface area contributed by atoms with E-state index in [2.05, 4.69) is 58.2 Å². The number of rotatable bonds is 5. The van der Waals surface area contributed by atoms with Crippen molar-refractivity contribution in [2.24, 2.45) is 0 Å². The van der Waals surface area contributed by atoms with Gasteiger partial charge in [-0.3, -0.25) is 4.68 Å². The monoisotopic (exact) mass is 451 g/mol. The lowest BCUT2D eigenvalue weighted by molar-refractivity contribution is 0.161. The van der Waals surface area contributed by atoms with Crippen molar-refractivity contribution in [3.8, 4) is 0 Å². The van der Waals surface area contributed by atoms with E-state index in [1.165, 1.54) is 0 Å². The summed E-state index contributed by atoms with van der Waals surface area (Å²) in [6, 6.07) is 5.74. The van der Waals surface area contributed by atoms with Gasteiger partial charge in [-0.15, -0.1) is 0 Å². The van der Waals surface area contributed by atoms with Crippen molar-refractivity contribution < 1.29 is 5.11 Å². The Labute approximate surface area is 136 Å². The van der Waals surface area contributed by atoms with Gasteiger partial charge in [-0.25, -0.2) is 0 Å². The number of nitrogens with one attached hydrogen (secondary N) is 1. The summed E-state index contributed by atoms with van der Waals surface area (Å²) in [6.07, 6.45) is 3.01. The van der Waals surface area contributed by atoms with Crippen LogP contribution in [0.2, 0.25) is 0 Å². The number of nitrogens with zero attached hydrogens (tertiary/aromatic N) is 2. The minimum atomic E-state index is -0.512. The predicted molar refractivity (Wildman–Crippen MR) is 86.3 cm³/mol. The fourth-order valence-electron chi connectivity index (χ4n) is 1.62. The molecule has 0 fully saturated rings. The summed E-state index contributed by atoms with van der Waals surface area (Å²) < 4.78 is 4.55. The fourth-order valence-corrected chi connectivity index (χ4v) is 4.16. The van der Waals surface area contributed by atoms with E-state index in [0.29, 0.717) is 13.1 Å². The van der Waals surface area contributed by atoms with Crippen LogP contribution in [0.3, 0.4) is 0 Å². The van der Waals surface area contributed by atoms with Crippen molar-refractivity contribution in [3.05, 3.63) is 44.0 Å². The first kappa shape index (κ1) is 15.0. The second kappa shape index (κ2) is 6.88. The molecule has 7 heteroatoms. The largest absolute Gasteiger partial charge is 0.389 e. The number of hydrogen-bond acceptors (Lipinski definition) is 3. The van der Waals surface area contributed by atoms with Gasteiger partial charge in [-0.05, 0) is 50.1 Å². The molecule has 2 rings (SSSR count). The molecule has 0 aliphatic carbocycles. The zero-order chi connectivity index (χ0) is 13.8. The zero-order valence-corrected chi connectivity index (χ0v) is 14.6. The van der Waals surface area contributed by atoms with Gasteiger partial charge in [0, 0.05) is 32.4 Å². The number of benzene rings is 1. The number of halogens is 3. The Morgan fingerprint density at radius 3 is 2.53 bits per heavy atom. The lowest BCUT2D eigenvalue weighted by Gasteiger charge is -2.15. The summed E-state index contributed by atoms with van der Waals surface area (Å²) in [7, 11) is 0. The van der Waals surface area contributed by atoms with Crippen LogP contribution in [0.15, 0.2) is 44.0 Å². The topological polar surface area (TPSA) is 50.1 Å². The van der Waals surface area contributed by atoms with Crippen molar-refractivity contribution in [2.45, 2.75) is 12.6 Å². The molecule has 19 heavy (non-hydrogen) atoms. The second-order valence-corrected chi connectivity index (χ2v) is 6.63. The predicted octanol–water partition coefficient (Wildman–Crippen LogP) is 3.64. The highest BCUT2D eigenvalue weighted by atomic mass is 79.9. The van der Waals surface area contributed by atoms with Gasteiger partial charge < -0.3 is 10.4 Å². The summed E-state index contributed by atoms with van der Waals surface area (Å²) >= 11 is 10.4. The number of aromatic nitrogens is 2. The SMILES string of the molecule is OC(CNc1c(Br)cc(Br)cc1Br)Cn1cccn1. The summed E-state index contributed by atoms with van der Waals surface area (Å²) in [5, 5.41) is 17.2. The van der Waals surface area contributed by atoms with Gasteiger partial charge in [0.15, 0.2) is 0 Å². The molecule has 0 spiro atoms. The van der Waals surface area contributed by atoms with E-state index in [-0.39, 0.29) is 0 Å². The van der Waals surface area contributed by atoms with Gasteiger partial charge in [0.25, 0.3) is 0 Å². The smallest absolute Gasteiger partial charge is 0.0907 e. The van der Waals surface area contributed by atoms with Crippen LogP contribution < -0.4 is 5.32 Å². The molecule has 0 aliphatic heterocycles. The normalized spacial score (nSPS) is 12.4. The van der Waals surface area contributed by atoms with E-state index in [1.54, 1.807) is 10.9 Å². The maximum Gasteiger partial charge on any atom is 0.0907 e. The molecular formula is C12H12Br3N3O. The molecule has 1 unspecified atom stereocenters. The van der Waals surface area contributed by atoms with Crippen molar-refractivity contribution in [3.63, 3.8) is 0 Å². The molecule has 0 saturated heterocycles. The highest BCUT2D eigenvalue weighted by Crippen LogP contribution is 2.34. The van der Waals surface area contributed by atoms with Crippen molar-refractivity contribution >= 4 is 53.5 Å². The summed E-state index contributed by atoms with van der Waals surface area (Å²) in [4.78, 5) is 0. The Kier molecular flexibility index (Phi) is 5.44. The minimum Gasteiger partial charge on any atom is -0.389 e. The van der Waals surface area contributed by atoms with Crippen LogP contribution in [0.4, 0.5) is 5.69 Å². The molecule has 0 radical (unpaired) electrons. The van der Waals surface area contributed by atoms with Gasteiger partial charge in [-0.1, -0.05) is 15.9 Å². The first-order valence-corrected chi connectivity index (χ1v) is 7.98. The number of hydrogen-bond donors (Lipinski definition) is 2. The van der Waals surface area contributed by atoms with Crippen LogP contribution in [-0.4, -0.2) is 27.5 Å². The molecule has 102 valence electrons. The Bertz CT molecular complexity index is 522. The Hall–Kier alpha value is -0.370. The molecule has 2 N–H and O–H groups in total. The van der Waals surface area contributed by atoms with E-state index in [9.17, 15) is 5.11 Å². The Morgan fingerprint density at radius 2 is 1.95 bits per heavy atom. The van der Waals surface area contributed by atoms with E-state index in [1.807, 2.05) is 24.4 Å². The lowest BCUT2D eigenvalue weighted by atomic mass is 10.3. The van der Waals surface area contributed by atoms with Crippen LogP contribution in [-0.2, 0) is 6.54 Å². The van der Waals surface area contributed by atoms with E-state index in [4.69, 9.17) is 0 Å². The number of aliphatic hydroxyl groups excluding tert-OH is 1. The maximum atomic E-state index is 9.96. The molecule has 1 heterocycles. The molecule has 1 aromatic carbocycles. The van der Waals surface area contributed by atoms with Gasteiger partial charge in [0.1, 0.15) is 0 Å². The maximum absolute atomic E-state index is 9.96. The van der Waals surface area contributed by atoms with Crippen LogP contribution >= 0.6 is 47.8 Å². The first-order valence-electron chi connectivity index (χ1n) is 5.60. The van der Waals surface area contributed by atoms with Gasteiger partial charge in [0.05, 0.1) is 18.3 Å². The minimum absolute atomic E-state index is 0.443. The van der Waals surface area contributed by atoms with Crippen molar-refractivity contribution in [2.75, 3.05) is 11.9 Å². The van der Waals surface area contributed by atoms with Crippen LogP contribution in [0.1, 0.15) is 0 Å². The van der Waals surface area contributed by atoms with E-state index >= 15 is 0 Å².